The Morgan fingerprint density at radius 1 is 0.784 bits per heavy atom. The fourth-order valence-electron chi connectivity index (χ4n) is 3.43. The van der Waals surface area contributed by atoms with E-state index >= 15 is 0 Å². The van der Waals surface area contributed by atoms with Gasteiger partial charge in [0, 0.05) is 34.9 Å². The van der Waals surface area contributed by atoms with Crippen molar-refractivity contribution >= 4 is 56.6 Å². The third-order valence-electron chi connectivity index (χ3n) is 5.29. The lowest BCUT2D eigenvalue weighted by atomic mass is 10.2. The zero-order valence-corrected chi connectivity index (χ0v) is 23.4. The first-order chi connectivity index (χ1) is 18.1. The number of hydrogen-bond donors (Lipinski definition) is 1. The summed E-state index contributed by atoms with van der Waals surface area (Å²) in [6.07, 6.45) is 1.50. The first kappa shape index (κ1) is 27.2. The highest BCUT2D eigenvalue weighted by Crippen LogP contribution is 2.36. The van der Waals surface area contributed by atoms with Gasteiger partial charge in [0.1, 0.15) is 37.7 Å². The predicted octanol–water partition coefficient (Wildman–Crippen LogP) is 6.26. The summed E-state index contributed by atoms with van der Waals surface area (Å²) in [5.74, 6) is 2.34. The number of methoxy groups -OCH3 is 2. The van der Waals surface area contributed by atoms with Crippen LogP contribution < -0.4 is 19.5 Å². The number of nitrogens with zero attached hydrogens (tertiary/aromatic N) is 2. The fraction of sp³-hybridized carbons (Fsp3) is 0.259. The molecule has 0 amide bonds. The van der Waals surface area contributed by atoms with Gasteiger partial charge in [-0.1, -0.05) is 23.7 Å². The minimum Gasteiger partial charge on any atom is -0.487 e. The molecule has 0 atom stereocenters. The lowest BCUT2D eigenvalue weighted by molar-refractivity contribution is 0.132. The van der Waals surface area contributed by atoms with Gasteiger partial charge < -0.3 is 29.0 Å². The molecule has 1 N–H and O–H groups in total. The molecular weight excluding hydrogens is 609 g/mol. The van der Waals surface area contributed by atoms with Crippen molar-refractivity contribution in [3.63, 3.8) is 0 Å². The summed E-state index contributed by atoms with van der Waals surface area (Å²) in [5.41, 5.74) is 2.53. The Labute approximate surface area is 234 Å². The molecule has 8 nitrogen and oxygen atoms in total. The molecule has 1 aromatic heterocycles. The van der Waals surface area contributed by atoms with Crippen LogP contribution in [0.1, 0.15) is 5.56 Å². The highest BCUT2D eigenvalue weighted by molar-refractivity contribution is 14.1. The molecule has 0 aliphatic rings. The van der Waals surface area contributed by atoms with Gasteiger partial charge in [0.2, 0.25) is 0 Å². The molecule has 0 bridgehead atoms. The van der Waals surface area contributed by atoms with E-state index < -0.39 is 0 Å². The summed E-state index contributed by atoms with van der Waals surface area (Å²) < 4.78 is 29.1. The molecule has 1 heterocycles. The number of ether oxygens (including phenoxy) is 5. The molecule has 10 heteroatoms. The van der Waals surface area contributed by atoms with Crippen molar-refractivity contribution in [2.24, 2.45) is 0 Å². The molecule has 0 unspecified atom stereocenters. The lowest BCUT2D eigenvalue weighted by Crippen LogP contribution is -2.09. The first-order valence-electron chi connectivity index (χ1n) is 11.5. The second-order valence-electron chi connectivity index (χ2n) is 7.91. The highest BCUT2D eigenvalue weighted by atomic mass is 127. The Hall–Kier alpha value is -2.86. The van der Waals surface area contributed by atoms with Crippen molar-refractivity contribution < 1.29 is 23.7 Å². The van der Waals surface area contributed by atoms with E-state index in [2.05, 4.69) is 37.9 Å². The van der Waals surface area contributed by atoms with Crippen LogP contribution in [0.2, 0.25) is 5.02 Å². The monoisotopic (exact) mass is 635 g/mol. The predicted molar refractivity (Wildman–Crippen MR) is 153 cm³/mol. The molecule has 3 aromatic carbocycles. The van der Waals surface area contributed by atoms with E-state index in [0.717, 1.165) is 16.6 Å². The Balaban J connectivity index is 1.53. The standard InChI is InChI=1S/C27H27ClIN3O5/c1-33-9-11-35-25-14-21-23(15-26(25)36-12-10-34-2)30-17-31-27(21)32-20-7-8-24(22(28)13-20)37-16-18-3-5-19(29)6-4-18/h3-8,13-15,17H,9-12,16H2,1-2H3,(H,30,31,32). The molecule has 0 fully saturated rings. The molecule has 4 aromatic rings. The van der Waals surface area contributed by atoms with Gasteiger partial charge in [-0.05, 0) is 64.6 Å². The SMILES string of the molecule is COCCOc1cc2ncnc(Nc3ccc(OCc4ccc(I)cc4)c(Cl)c3)c2cc1OCCOC. The van der Waals surface area contributed by atoms with E-state index in [-0.39, 0.29) is 0 Å². The van der Waals surface area contributed by atoms with Crippen LogP contribution in [0, 0.1) is 3.57 Å². The number of fused-ring (bicyclic) bond motifs is 1. The first-order valence-corrected chi connectivity index (χ1v) is 13.0. The number of anilines is 2. The summed E-state index contributed by atoms with van der Waals surface area (Å²) in [7, 11) is 3.25. The number of halogens is 2. The molecule has 0 saturated heterocycles. The maximum Gasteiger partial charge on any atom is 0.163 e. The van der Waals surface area contributed by atoms with Crippen molar-refractivity contribution in [2.45, 2.75) is 6.61 Å². The minimum absolute atomic E-state index is 0.373. The second kappa shape index (κ2) is 13.6. The Morgan fingerprint density at radius 2 is 1.49 bits per heavy atom. The number of hydrogen-bond acceptors (Lipinski definition) is 8. The van der Waals surface area contributed by atoms with Crippen LogP contribution in [-0.4, -0.2) is 50.6 Å². The van der Waals surface area contributed by atoms with Crippen LogP contribution in [-0.2, 0) is 16.1 Å². The van der Waals surface area contributed by atoms with Gasteiger partial charge >= 0.3 is 0 Å². The molecular formula is C27H27ClIN3O5. The lowest BCUT2D eigenvalue weighted by Gasteiger charge is -2.15. The largest absolute Gasteiger partial charge is 0.487 e. The van der Waals surface area contributed by atoms with Crippen molar-refractivity contribution in [2.75, 3.05) is 46.0 Å². The number of rotatable bonds is 13. The van der Waals surface area contributed by atoms with E-state index in [1.54, 1.807) is 20.3 Å². The van der Waals surface area contributed by atoms with Gasteiger partial charge in [-0.3, -0.25) is 0 Å². The van der Waals surface area contributed by atoms with Gasteiger partial charge in [-0.25, -0.2) is 9.97 Å². The van der Waals surface area contributed by atoms with Crippen LogP contribution in [0.5, 0.6) is 17.2 Å². The van der Waals surface area contributed by atoms with E-state index in [1.807, 2.05) is 48.5 Å². The molecule has 0 saturated carbocycles. The zero-order chi connectivity index (χ0) is 26.0. The Bertz CT molecular complexity index is 1320. The van der Waals surface area contributed by atoms with E-state index in [0.29, 0.717) is 66.6 Å². The number of aromatic nitrogens is 2. The zero-order valence-electron chi connectivity index (χ0n) is 20.5. The summed E-state index contributed by atoms with van der Waals surface area (Å²) in [6, 6.07) is 17.4. The van der Waals surface area contributed by atoms with Crippen LogP contribution in [0.25, 0.3) is 10.9 Å². The summed E-state index contributed by atoms with van der Waals surface area (Å²) in [5, 5.41) is 4.59. The quantitative estimate of drug-likeness (QED) is 0.136. The Morgan fingerprint density at radius 3 is 2.16 bits per heavy atom. The van der Waals surface area contributed by atoms with E-state index in [1.165, 1.54) is 9.90 Å². The van der Waals surface area contributed by atoms with Gasteiger partial charge in [0.25, 0.3) is 0 Å². The van der Waals surface area contributed by atoms with Gasteiger partial charge in [-0.15, -0.1) is 0 Å². The van der Waals surface area contributed by atoms with Crippen molar-refractivity contribution in [1.82, 2.24) is 9.97 Å². The topological polar surface area (TPSA) is 84.0 Å². The second-order valence-corrected chi connectivity index (χ2v) is 9.56. The van der Waals surface area contributed by atoms with Gasteiger partial charge in [-0.2, -0.15) is 0 Å². The normalized spacial score (nSPS) is 10.9. The highest BCUT2D eigenvalue weighted by Gasteiger charge is 2.14. The maximum absolute atomic E-state index is 6.53. The third kappa shape index (κ3) is 7.57. The molecule has 4 rings (SSSR count). The molecule has 37 heavy (non-hydrogen) atoms. The number of nitrogens with one attached hydrogen (secondary N) is 1. The van der Waals surface area contributed by atoms with Crippen molar-refractivity contribution in [1.29, 1.82) is 0 Å². The fourth-order valence-corrected chi connectivity index (χ4v) is 4.03. The Kier molecular flexibility index (Phi) is 10.0. The van der Waals surface area contributed by atoms with E-state index in [9.17, 15) is 0 Å². The van der Waals surface area contributed by atoms with E-state index in [4.69, 9.17) is 35.3 Å². The average molecular weight is 636 g/mol. The van der Waals surface area contributed by atoms with Crippen LogP contribution in [0.3, 0.4) is 0 Å². The molecule has 0 radical (unpaired) electrons. The average Bonchev–Trinajstić information content (AvgIpc) is 2.90. The number of benzene rings is 3. The van der Waals surface area contributed by atoms with Gasteiger partial charge in [0.15, 0.2) is 11.5 Å². The van der Waals surface area contributed by atoms with Crippen LogP contribution in [0.4, 0.5) is 11.5 Å². The summed E-state index contributed by atoms with van der Waals surface area (Å²) >= 11 is 8.80. The summed E-state index contributed by atoms with van der Waals surface area (Å²) in [6.45, 7) is 2.09. The summed E-state index contributed by atoms with van der Waals surface area (Å²) in [4.78, 5) is 8.85. The molecule has 194 valence electrons. The van der Waals surface area contributed by atoms with Crippen LogP contribution in [0.15, 0.2) is 60.9 Å². The minimum atomic E-state index is 0.373. The van der Waals surface area contributed by atoms with Crippen molar-refractivity contribution in [3.05, 3.63) is 75.1 Å². The van der Waals surface area contributed by atoms with Gasteiger partial charge in [0.05, 0.1) is 23.8 Å². The molecule has 0 aliphatic carbocycles. The van der Waals surface area contributed by atoms with Crippen molar-refractivity contribution in [3.8, 4) is 17.2 Å². The smallest absolute Gasteiger partial charge is 0.163 e. The molecule has 0 spiro atoms. The third-order valence-corrected chi connectivity index (χ3v) is 6.31. The maximum atomic E-state index is 6.53. The molecule has 0 aliphatic heterocycles. The van der Waals surface area contributed by atoms with Crippen LogP contribution >= 0.6 is 34.2 Å².